The molecule has 0 amide bonds. The number of anilines is 1. The van der Waals surface area contributed by atoms with Crippen LogP contribution in [0.3, 0.4) is 0 Å². The zero-order chi connectivity index (χ0) is 13.6. The van der Waals surface area contributed by atoms with Crippen molar-refractivity contribution in [1.82, 2.24) is 19.5 Å². The van der Waals surface area contributed by atoms with E-state index in [2.05, 4.69) is 15.0 Å². The van der Waals surface area contributed by atoms with Gasteiger partial charge in [-0.15, -0.1) is 0 Å². The zero-order valence-electron chi connectivity index (χ0n) is 9.79. The van der Waals surface area contributed by atoms with E-state index in [1.807, 2.05) is 0 Å². The smallest absolute Gasteiger partial charge is 0.167 e. The predicted octanol–water partition coefficient (Wildman–Crippen LogP) is -1.98. The van der Waals surface area contributed by atoms with Gasteiger partial charge in [-0.3, -0.25) is 4.57 Å². The van der Waals surface area contributed by atoms with Crippen molar-refractivity contribution >= 4 is 17.0 Å². The average Bonchev–Trinajstić information content (AvgIpc) is 2.82. The number of hydrogen-bond donors (Lipinski definition) is 4. The van der Waals surface area contributed by atoms with Crippen LogP contribution in [0.4, 0.5) is 5.82 Å². The summed E-state index contributed by atoms with van der Waals surface area (Å²) in [6, 6.07) is 0. The Morgan fingerprint density at radius 2 is 2.00 bits per heavy atom. The van der Waals surface area contributed by atoms with Gasteiger partial charge in [-0.2, -0.15) is 0 Å². The van der Waals surface area contributed by atoms with Crippen molar-refractivity contribution in [3.63, 3.8) is 0 Å². The molecule has 0 spiro atoms. The van der Waals surface area contributed by atoms with Gasteiger partial charge in [0.25, 0.3) is 0 Å². The van der Waals surface area contributed by atoms with Crippen molar-refractivity contribution in [2.75, 3.05) is 12.3 Å². The molecule has 1 fully saturated rings. The molecule has 3 rings (SSSR count). The highest BCUT2D eigenvalue weighted by Crippen LogP contribution is 2.27. The van der Waals surface area contributed by atoms with E-state index in [9.17, 15) is 15.3 Å². The van der Waals surface area contributed by atoms with Gasteiger partial charge >= 0.3 is 0 Å². The molecule has 0 radical (unpaired) electrons. The summed E-state index contributed by atoms with van der Waals surface area (Å²) < 4.78 is 6.78. The first-order chi connectivity index (χ1) is 9.09. The standard InChI is InChI=1S/C10H13N5O4/c11-8-5-9(13-2-12-8)15(3-14-5)10-7(18)6(17)4(16)1-19-10/h2-4,6-7,10,16-18H,1H2,(H2,11,12,13)/t4-,6-,7+,10+/m1/s1. The maximum absolute atomic E-state index is 9.95. The summed E-state index contributed by atoms with van der Waals surface area (Å²) >= 11 is 0. The molecule has 102 valence electrons. The van der Waals surface area contributed by atoms with E-state index in [4.69, 9.17) is 10.5 Å². The molecule has 0 unspecified atom stereocenters. The Bertz CT molecular complexity index is 603. The molecule has 0 aromatic carbocycles. The molecular weight excluding hydrogens is 254 g/mol. The van der Waals surface area contributed by atoms with Crippen molar-refractivity contribution in [3.05, 3.63) is 12.7 Å². The topological polar surface area (TPSA) is 140 Å². The number of ether oxygens (including phenoxy) is 1. The fourth-order valence-electron chi connectivity index (χ4n) is 2.09. The third kappa shape index (κ3) is 1.83. The van der Waals surface area contributed by atoms with Crippen molar-refractivity contribution in [3.8, 4) is 0 Å². The second kappa shape index (κ2) is 4.38. The number of hydrogen-bond acceptors (Lipinski definition) is 8. The molecule has 1 saturated heterocycles. The highest BCUT2D eigenvalue weighted by molar-refractivity contribution is 5.81. The van der Waals surface area contributed by atoms with Gasteiger partial charge < -0.3 is 25.8 Å². The molecule has 0 aliphatic carbocycles. The van der Waals surface area contributed by atoms with Crippen molar-refractivity contribution in [2.45, 2.75) is 24.5 Å². The van der Waals surface area contributed by atoms with Gasteiger partial charge in [0.1, 0.15) is 30.2 Å². The van der Waals surface area contributed by atoms with Crippen LogP contribution < -0.4 is 5.73 Å². The predicted molar refractivity (Wildman–Crippen MR) is 62.7 cm³/mol. The van der Waals surface area contributed by atoms with Crippen LogP contribution in [0, 0.1) is 0 Å². The largest absolute Gasteiger partial charge is 0.388 e. The monoisotopic (exact) mass is 267 g/mol. The van der Waals surface area contributed by atoms with Crippen molar-refractivity contribution in [2.24, 2.45) is 0 Å². The van der Waals surface area contributed by atoms with E-state index in [0.717, 1.165) is 0 Å². The number of imidazole rings is 1. The van der Waals surface area contributed by atoms with E-state index < -0.39 is 24.5 Å². The van der Waals surface area contributed by atoms with Gasteiger partial charge in [0.2, 0.25) is 0 Å². The van der Waals surface area contributed by atoms with Crippen molar-refractivity contribution in [1.29, 1.82) is 0 Å². The van der Waals surface area contributed by atoms with Crippen LogP contribution in [-0.4, -0.2) is 59.8 Å². The minimum absolute atomic E-state index is 0.0941. The molecule has 1 aliphatic heterocycles. The van der Waals surface area contributed by atoms with Crippen LogP contribution >= 0.6 is 0 Å². The maximum Gasteiger partial charge on any atom is 0.167 e. The molecule has 0 bridgehead atoms. The summed E-state index contributed by atoms with van der Waals surface area (Å²) in [4.78, 5) is 11.9. The number of rotatable bonds is 1. The first kappa shape index (κ1) is 12.2. The molecule has 3 heterocycles. The Morgan fingerprint density at radius 1 is 1.21 bits per heavy atom. The lowest BCUT2D eigenvalue weighted by atomic mass is 10.0. The van der Waals surface area contributed by atoms with Gasteiger partial charge in [0, 0.05) is 0 Å². The molecule has 4 atom stereocenters. The summed E-state index contributed by atoms with van der Waals surface area (Å²) in [5.41, 5.74) is 6.44. The average molecular weight is 267 g/mol. The van der Waals surface area contributed by atoms with Crippen LogP contribution in [0.5, 0.6) is 0 Å². The van der Waals surface area contributed by atoms with Gasteiger partial charge in [0.15, 0.2) is 17.7 Å². The molecular formula is C10H13N5O4. The number of nitrogens with zero attached hydrogens (tertiary/aromatic N) is 4. The summed E-state index contributed by atoms with van der Waals surface area (Å²) in [6.07, 6.45) is -1.93. The lowest BCUT2D eigenvalue weighted by Crippen LogP contribution is -2.50. The SMILES string of the molecule is Nc1ncnc2c1ncn2[C@H]1OC[C@@H](O)[C@@H](O)[C@@H]1O. The highest BCUT2D eigenvalue weighted by atomic mass is 16.5. The first-order valence-corrected chi connectivity index (χ1v) is 5.68. The summed E-state index contributed by atoms with van der Waals surface area (Å²) in [6.45, 7) is -0.0941. The number of aliphatic hydroxyl groups is 3. The number of nitrogens with two attached hydrogens (primary N) is 1. The van der Waals surface area contributed by atoms with Gasteiger partial charge in [-0.25, -0.2) is 15.0 Å². The highest BCUT2D eigenvalue weighted by Gasteiger charge is 2.39. The van der Waals surface area contributed by atoms with Crippen molar-refractivity contribution < 1.29 is 20.1 Å². The van der Waals surface area contributed by atoms with E-state index in [1.165, 1.54) is 17.2 Å². The van der Waals surface area contributed by atoms with E-state index >= 15 is 0 Å². The third-order valence-electron chi connectivity index (χ3n) is 3.14. The van der Waals surface area contributed by atoms with E-state index in [1.54, 1.807) is 0 Å². The quantitative estimate of drug-likeness (QED) is 0.466. The normalized spacial score (nSPS) is 31.7. The maximum atomic E-state index is 9.95. The second-order valence-corrected chi connectivity index (χ2v) is 4.36. The number of nitrogen functional groups attached to an aromatic ring is 1. The first-order valence-electron chi connectivity index (χ1n) is 5.68. The number of fused-ring (bicyclic) bond motifs is 1. The van der Waals surface area contributed by atoms with Crippen LogP contribution in [-0.2, 0) is 4.74 Å². The summed E-state index contributed by atoms with van der Waals surface area (Å²) in [5.74, 6) is 0.217. The Kier molecular flexibility index (Phi) is 2.82. The van der Waals surface area contributed by atoms with E-state index in [-0.39, 0.29) is 12.4 Å². The Labute approximate surface area is 107 Å². The Morgan fingerprint density at radius 3 is 2.79 bits per heavy atom. The Balaban J connectivity index is 2.03. The molecule has 5 N–H and O–H groups in total. The van der Waals surface area contributed by atoms with Crippen LogP contribution in [0.15, 0.2) is 12.7 Å². The third-order valence-corrected chi connectivity index (χ3v) is 3.14. The number of aliphatic hydroxyl groups excluding tert-OH is 3. The molecule has 0 saturated carbocycles. The lowest BCUT2D eigenvalue weighted by molar-refractivity contribution is -0.210. The fraction of sp³-hybridized carbons (Fsp3) is 0.500. The minimum atomic E-state index is -1.30. The zero-order valence-corrected chi connectivity index (χ0v) is 9.79. The lowest BCUT2D eigenvalue weighted by Gasteiger charge is -2.35. The molecule has 2 aromatic heterocycles. The second-order valence-electron chi connectivity index (χ2n) is 4.36. The summed E-state index contributed by atoms with van der Waals surface area (Å²) in [5, 5.41) is 29.0. The van der Waals surface area contributed by atoms with Gasteiger partial charge in [-0.05, 0) is 0 Å². The molecule has 19 heavy (non-hydrogen) atoms. The van der Waals surface area contributed by atoms with Gasteiger partial charge in [-0.1, -0.05) is 0 Å². The van der Waals surface area contributed by atoms with Crippen LogP contribution in [0.2, 0.25) is 0 Å². The molecule has 9 nitrogen and oxygen atoms in total. The summed E-state index contributed by atoms with van der Waals surface area (Å²) in [7, 11) is 0. The van der Waals surface area contributed by atoms with Crippen LogP contribution in [0.25, 0.3) is 11.2 Å². The molecule has 2 aromatic rings. The van der Waals surface area contributed by atoms with E-state index in [0.29, 0.717) is 11.2 Å². The molecule has 9 heteroatoms. The van der Waals surface area contributed by atoms with Crippen LogP contribution in [0.1, 0.15) is 6.23 Å². The fourth-order valence-corrected chi connectivity index (χ4v) is 2.09. The minimum Gasteiger partial charge on any atom is -0.388 e. The molecule has 1 aliphatic rings. The number of aromatic nitrogens is 4. The van der Waals surface area contributed by atoms with Gasteiger partial charge in [0.05, 0.1) is 12.9 Å². The Hall–Kier alpha value is -1.81.